The standard InChI is InChI=1S/C17H19FN2O/c1-2-3-4-12-5-8-14(9-6-12)21-16-10-7-13(17(19)20)11-15(16)18/h5-11H,2-4H2,1H3,(H3,19,20). The predicted octanol–water partition coefficient (Wildman–Crippen LogP) is 4.24. The summed E-state index contributed by atoms with van der Waals surface area (Å²) in [4.78, 5) is 0. The van der Waals surface area contributed by atoms with Crippen molar-refractivity contribution in [2.24, 2.45) is 5.73 Å². The topological polar surface area (TPSA) is 59.1 Å². The number of hydrogen-bond acceptors (Lipinski definition) is 2. The molecule has 0 saturated carbocycles. The molecule has 0 radical (unpaired) electrons. The van der Waals surface area contributed by atoms with E-state index >= 15 is 0 Å². The van der Waals surface area contributed by atoms with Crippen molar-refractivity contribution < 1.29 is 9.13 Å². The molecule has 0 saturated heterocycles. The molecule has 3 nitrogen and oxygen atoms in total. The van der Waals surface area contributed by atoms with Crippen molar-refractivity contribution in [1.82, 2.24) is 0 Å². The molecule has 2 aromatic carbocycles. The van der Waals surface area contributed by atoms with Crippen LogP contribution in [0, 0.1) is 11.2 Å². The van der Waals surface area contributed by atoms with Crippen molar-refractivity contribution in [3.8, 4) is 11.5 Å². The number of nitrogen functional groups attached to an aromatic ring is 1. The normalized spacial score (nSPS) is 10.4. The molecule has 0 bridgehead atoms. The zero-order valence-electron chi connectivity index (χ0n) is 12.0. The van der Waals surface area contributed by atoms with Gasteiger partial charge in [-0.05, 0) is 48.7 Å². The third kappa shape index (κ3) is 4.05. The van der Waals surface area contributed by atoms with Crippen molar-refractivity contribution >= 4 is 5.84 Å². The van der Waals surface area contributed by atoms with Gasteiger partial charge < -0.3 is 10.5 Å². The summed E-state index contributed by atoms with van der Waals surface area (Å²) < 4.78 is 19.4. The van der Waals surface area contributed by atoms with Gasteiger partial charge in [0, 0.05) is 5.56 Å². The first-order valence-corrected chi connectivity index (χ1v) is 7.01. The zero-order valence-corrected chi connectivity index (χ0v) is 12.0. The molecular formula is C17H19FN2O. The summed E-state index contributed by atoms with van der Waals surface area (Å²) in [6.45, 7) is 2.16. The van der Waals surface area contributed by atoms with Gasteiger partial charge in [0.1, 0.15) is 11.6 Å². The number of amidine groups is 1. The number of rotatable bonds is 6. The summed E-state index contributed by atoms with van der Waals surface area (Å²) in [6.07, 6.45) is 3.35. The van der Waals surface area contributed by atoms with E-state index in [9.17, 15) is 4.39 Å². The van der Waals surface area contributed by atoms with E-state index in [1.54, 1.807) is 6.07 Å². The van der Waals surface area contributed by atoms with Crippen molar-refractivity contribution in [1.29, 1.82) is 5.41 Å². The molecule has 2 rings (SSSR count). The minimum atomic E-state index is -0.530. The second-order valence-corrected chi connectivity index (χ2v) is 4.91. The van der Waals surface area contributed by atoms with E-state index in [-0.39, 0.29) is 11.6 Å². The number of hydrogen-bond donors (Lipinski definition) is 2. The monoisotopic (exact) mass is 286 g/mol. The van der Waals surface area contributed by atoms with E-state index in [4.69, 9.17) is 15.9 Å². The molecule has 0 aliphatic carbocycles. The van der Waals surface area contributed by atoms with E-state index in [2.05, 4.69) is 6.92 Å². The van der Waals surface area contributed by atoms with Crippen LogP contribution in [0.4, 0.5) is 4.39 Å². The number of nitrogens with two attached hydrogens (primary N) is 1. The van der Waals surface area contributed by atoms with Crippen LogP contribution < -0.4 is 10.5 Å². The highest BCUT2D eigenvalue weighted by Crippen LogP contribution is 2.25. The van der Waals surface area contributed by atoms with E-state index < -0.39 is 5.82 Å². The van der Waals surface area contributed by atoms with Crippen LogP contribution >= 0.6 is 0 Å². The lowest BCUT2D eigenvalue weighted by atomic mass is 10.1. The lowest BCUT2D eigenvalue weighted by Crippen LogP contribution is -2.11. The highest BCUT2D eigenvalue weighted by Gasteiger charge is 2.07. The maximum Gasteiger partial charge on any atom is 0.166 e. The Bertz CT molecular complexity index is 623. The van der Waals surface area contributed by atoms with Crippen LogP contribution in [0.5, 0.6) is 11.5 Å². The predicted molar refractivity (Wildman–Crippen MR) is 82.5 cm³/mol. The number of unbranched alkanes of at least 4 members (excludes halogenated alkanes) is 1. The molecule has 0 amide bonds. The molecule has 0 unspecified atom stereocenters. The lowest BCUT2D eigenvalue weighted by Gasteiger charge is -2.09. The largest absolute Gasteiger partial charge is 0.454 e. The SMILES string of the molecule is CCCCc1ccc(Oc2ccc(C(=N)N)cc2F)cc1. The molecule has 0 atom stereocenters. The van der Waals surface area contributed by atoms with Crippen molar-refractivity contribution in [3.05, 3.63) is 59.4 Å². The highest BCUT2D eigenvalue weighted by atomic mass is 19.1. The van der Waals surface area contributed by atoms with Crippen LogP contribution in [0.15, 0.2) is 42.5 Å². The van der Waals surface area contributed by atoms with Crippen molar-refractivity contribution in [2.45, 2.75) is 26.2 Å². The average molecular weight is 286 g/mol. The first kappa shape index (κ1) is 15.0. The summed E-state index contributed by atoms with van der Waals surface area (Å²) in [6, 6.07) is 11.9. The maximum absolute atomic E-state index is 13.9. The molecule has 0 heterocycles. The fourth-order valence-electron chi connectivity index (χ4n) is 1.98. The third-order valence-electron chi connectivity index (χ3n) is 3.21. The summed E-state index contributed by atoms with van der Waals surface area (Å²) >= 11 is 0. The van der Waals surface area contributed by atoms with Gasteiger partial charge in [-0.3, -0.25) is 5.41 Å². The molecule has 0 aliphatic rings. The van der Waals surface area contributed by atoms with Crippen LogP contribution in [0.25, 0.3) is 0 Å². The fraction of sp³-hybridized carbons (Fsp3) is 0.235. The minimum Gasteiger partial charge on any atom is -0.454 e. The number of benzene rings is 2. The first-order chi connectivity index (χ1) is 10.1. The van der Waals surface area contributed by atoms with Gasteiger partial charge in [0.05, 0.1) is 0 Å². The van der Waals surface area contributed by atoms with Gasteiger partial charge >= 0.3 is 0 Å². The van der Waals surface area contributed by atoms with Crippen LogP contribution in [-0.4, -0.2) is 5.84 Å². The molecular weight excluding hydrogens is 267 g/mol. The second kappa shape index (κ2) is 6.88. The Morgan fingerprint density at radius 2 is 1.90 bits per heavy atom. The third-order valence-corrected chi connectivity index (χ3v) is 3.21. The maximum atomic E-state index is 13.9. The molecule has 2 aromatic rings. The molecule has 3 N–H and O–H groups in total. The van der Waals surface area contributed by atoms with Gasteiger partial charge in [-0.25, -0.2) is 4.39 Å². The van der Waals surface area contributed by atoms with E-state index in [0.717, 1.165) is 19.3 Å². The molecule has 21 heavy (non-hydrogen) atoms. The fourth-order valence-corrected chi connectivity index (χ4v) is 1.98. The summed E-state index contributed by atoms with van der Waals surface area (Å²) in [5.41, 5.74) is 6.91. The molecule has 0 spiro atoms. The van der Waals surface area contributed by atoms with Gasteiger partial charge in [0.25, 0.3) is 0 Å². The molecule has 0 aromatic heterocycles. The smallest absolute Gasteiger partial charge is 0.166 e. The Balaban J connectivity index is 2.09. The first-order valence-electron chi connectivity index (χ1n) is 7.01. The lowest BCUT2D eigenvalue weighted by molar-refractivity contribution is 0.442. The Morgan fingerprint density at radius 3 is 2.48 bits per heavy atom. The van der Waals surface area contributed by atoms with Crippen LogP contribution in [0.3, 0.4) is 0 Å². The van der Waals surface area contributed by atoms with Gasteiger partial charge in [-0.15, -0.1) is 0 Å². The van der Waals surface area contributed by atoms with Gasteiger partial charge in [-0.1, -0.05) is 25.5 Å². The van der Waals surface area contributed by atoms with Crippen LogP contribution in [0.1, 0.15) is 30.9 Å². The van der Waals surface area contributed by atoms with E-state index in [1.807, 2.05) is 24.3 Å². The Labute approximate surface area is 124 Å². The number of aryl methyl sites for hydroxylation is 1. The van der Waals surface area contributed by atoms with Crippen LogP contribution in [-0.2, 0) is 6.42 Å². The number of nitrogens with one attached hydrogen (secondary N) is 1. The minimum absolute atomic E-state index is 0.126. The summed E-state index contributed by atoms with van der Waals surface area (Å²) in [5, 5.41) is 7.27. The molecule has 4 heteroatoms. The Hall–Kier alpha value is -2.36. The highest BCUT2D eigenvalue weighted by molar-refractivity contribution is 5.95. The second-order valence-electron chi connectivity index (χ2n) is 4.91. The molecule has 0 aliphatic heterocycles. The van der Waals surface area contributed by atoms with E-state index in [0.29, 0.717) is 11.3 Å². The number of halogens is 1. The van der Waals surface area contributed by atoms with Gasteiger partial charge in [0.15, 0.2) is 11.6 Å². The average Bonchev–Trinajstić information content (AvgIpc) is 2.48. The van der Waals surface area contributed by atoms with Gasteiger partial charge in [0.2, 0.25) is 0 Å². The quantitative estimate of drug-likeness (QED) is 0.616. The van der Waals surface area contributed by atoms with E-state index in [1.165, 1.54) is 17.7 Å². The zero-order chi connectivity index (χ0) is 15.2. The number of ether oxygens (including phenoxy) is 1. The Morgan fingerprint density at radius 1 is 1.19 bits per heavy atom. The molecule has 0 fully saturated rings. The summed E-state index contributed by atoms with van der Waals surface area (Å²) in [5.74, 6) is 0.0181. The molecule has 110 valence electrons. The Kier molecular flexibility index (Phi) is 4.93. The van der Waals surface area contributed by atoms with Gasteiger partial charge in [-0.2, -0.15) is 0 Å². The van der Waals surface area contributed by atoms with Crippen molar-refractivity contribution in [3.63, 3.8) is 0 Å². The van der Waals surface area contributed by atoms with Crippen molar-refractivity contribution in [2.75, 3.05) is 0 Å². The summed E-state index contributed by atoms with van der Waals surface area (Å²) in [7, 11) is 0. The van der Waals surface area contributed by atoms with Crippen LogP contribution in [0.2, 0.25) is 0 Å².